The van der Waals surface area contributed by atoms with Gasteiger partial charge < -0.3 is 5.11 Å². The van der Waals surface area contributed by atoms with Crippen molar-refractivity contribution < 1.29 is 5.11 Å². The van der Waals surface area contributed by atoms with Gasteiger partial charge in [0.15, 0.2) is 0 Å². The molecular formula is C6H14Cl2OSi. The van der Waals surface area contributed by atoms with E-state index in [-0.39, 0.29) is 5.38 Å². The van der Waals surface area contributed by atoms with Crippen molar-refractivity contribution >= 4 is 31.3 Å². The van der Waals surface area contributed by atoms with Crippen LogP contribution in [0.25, 0.3) is 0 Å². The van der Waals surface area contributed by atoms with Gasteiger partial charge in [-0.2, -0.15) is 0 Å². The van der Waals surface area contributed by atoms with Crippen LogP contribution in [0.2, 0.25) is 19.6 Å². The molecule has 0 saturated carbocycles. The van der Waals surface area contributed by atoms with Gasteiger partial charge in [-0.25, -0.2) is 0 Å². The molecular weight excluding hydrogens is 187 g/mol. The van der Waals surface area contributed by atoms with Crippen molar-refractivity contribution in [3.63, 3.8) is 0 Å². The van der Waals surface area contributed by atoms with Gasteiger partial charge in [-0.3, -0.25) is 0 Å². The lowest BCUT2D eigenvalue weighted by Crippen LogP contribution is -2.52. The fourth-order valence-electron chi connectivity index (χ4n) is 0.597. The van der Waals surface area contributed by atoms with Crippen LogP contribution in [0.1, 0.15) is 6.92 Å². The van der Waals surface area contributed by atoms with E-state index in [1.54, 1.807) is 6.92 Å². The molecule has 0 aliphatic heterocycles. The predicted molar refractivity (Wildman–Crippen MR) is 49.5 cm³/mol. The lowest BCUT2D eigenvalue weighted by atomic mass is 10.5. The first-order valence-electron chi connectivity index (χ1n) is 3.25. The van der Waals surface area contributed by atoms with Gasteiger partial charge in [0.05, 0.1) is 5.38 Å². The van der Waals surface area contributed by atoms with Crippen molar-refractivity contribution in [3.05, 3.63) is 0 Å². The standard InChI is InChI=1S/C6H14Cl2OSi/c1-5(7)6(8,9)10(2,3)4/h5,9H,1-4H3. The lowest BCUT2D eigenvalue weighted by Gasteiger charge is -2.34. The molecule has 10 heavy (non-hydrogen) atoms. The van der Waals surface area contributed by atoms with Gasteiger partial charge in [-0.05, 0) is 6.92 Å². The minimum absolute atomic E-state index is 0.388. The van der Waals surface area contributed by atoms with E-state index in [1.807, 2.05) is 19.6 Å². The molecule has 4 heteroatoms. The molecule has 0 aromatic heterocycles. The lowest BCUT2D eigenvalue weighted by molar-refractivity contribution is 0.201. The third-order valence-electron chi connectivity index (χ3n) is 1.58. The van der Waals surface area contributed by atoms with E-state index in [9.17, 15) is 5.11 Å². The summed E-state index contributed by atoms with van der Waals surface area (Å²) >= 11 is 11.5. The fourth-order valence-corrected chi connectivity index (χ4v) is 2.77. The molecule has 1 nitrogen and oxygen atoms in total. The highest BCUT2D eigenvalue weighted by atomic mass is 35.5. The second kappa shape index (κ2) is 3.01. The van der Waals surface area contributed by atoms with E-state index >= 15 is 0 Å². The Morgan fingerprint density at radius 3 is 1.70 bits per heavy atom. The number of hydrogen-bond acceptors (Lipinski definition) is 1. The number of rotatable bonds is 2. The number of hydrogen-bond donors (Lipinski definition) is 1. The summed E-state index contributed by atoms with van der Waals surface area (Å²) in [4.78, 5) is 0. The summed E-state index contributed by atoms with van der Waals surface area (Å²) in [6.45, 7) is 7.67. The normalized spacial score (nSPS) is 21.9. The molecule has 0 fully saturated rings. The Bertz CT molecular complexity index is 117. The van der Waals surface area contributed by atoms with Crippen molar-refractivity contribution in [1.29, 1.82) is 0 Å². The number of halogens is 2. The molecule has 0 aliphatic carbocycles. The zero-order valence-electron chi connectivity index (χ0n) is 6.78. The molecule has 0 heterocycles. The first kappa shape index (κ1) is 10.8. The molecule has 62 valence electrons. The van der Waals surface area contributed by atoms with Crippen LogP contribution in [0.5, 0.6) is 0 Å². The Morgan fingerprint density at radius 1 is 1.40 bits per heavy atom. The van der Waals surface area contributed by atoms with Crippen LogP contribution in [0.15, 0.2) is 0 Å². The topological polar surface area (TPSA) is 20.2 Å². The minimum Gasteiger partial charge on any atom is -0.377 e. The van der Waals surface area contributed by atoms with E-state index in [0.717, 1.165) is 0 Å². The maximum absolute atomic E-state index is 9.62. The van der Waals surface area contributed by atoms with Crippen molar-refractivity contribution in [1.82, 2.24) is 0 Å². The summed E-state index contributed by atoms with van der Waals surface area (Å²) in [5, 5.41) is 9.24. The van der Waals surface area contributed by atoms with E-state index < -0.39 is 12.8 Å². The van der Waals surface area contributed by atoms with Gasteiger partial charge in [0.25, 0.3) is 0 Å². The monoisotopic (exact) mass is 200 g/mol. The highest BCUT2D eigenvalue weighted by Gasteiger charge is 2.43. The average Bonchev–Trinajstić information content (AvgIpc) is 1.62. The average molecular weight is 201 g/mol. The second-order valence-electron chi connectivity index (χ2n) is 3.54. The molecule has 0 saturated heterocycles. The Balaban J connectivity index is 4.40. The summed E-state index contributed by atoms with van der Waals surface area (Å²) in [5.74, 6) is 0. The highest BCUT2D eigenvalue weighted by molar-refractivity contribution is 6.86. The molecule has 1 N–H and O–H groups in total. The highest BCUT2D eigenvalue weighted by Crippen LogP contribution is 2.31. The van der Waals surface area contributed by atoms with Crippen LogP contribution < -0.4 is 0 Å². The maximum atomic E-state index is 9.62. The molecule has 0 amide bonds. The number of aliphatic hydroxyl groups is 1. The first-order valence-corrected chi connectivity index (χ1v) is 7.56. The maximum Gasteiger partial charge on any atom is 0.140 e. The summed E-state index contributed by atoms with van der Waals surface area (Å²) in [5.41, 5.74) is 0. The Morgan fingerprint density at radius 2 is 1.70 bits per heavy atom. The summed E-state index contributed by atoms with van der Waals surface area (Å²) < 4.78 is -1.19. The molecule has 0 aromatic carbocycles. The summed E-state index contributed by atoms with van der Waals surface area (Å²) in [6, 6.07) is 0. The van der Waals surface area contributed by atoms with Gasteiger partial charge in [0.1, 0.15) is 12.8 Å². The van der Waals surface area contributed by atoms with Crippen molar-refractivity contribution in [2.75, 3.05) is 0 Å². The molecule has 2 atom stereocenters. The van der Waals surface area contributed by atoms with Crippen LogP contribution in [-0.2, 0) is 0 Å². The third kappa shape index (κ3) is 2.12. The van der Waals surface area contributed by atoms with E-state index in [4.69, 9.17) is 23.2 Å². The van der Waals surface area contributed by atoms with E-state index in [2.05, 4.69) is 0 Å². The first-order chi connectivity index (χ1) is 4.19. The zero-order chi connectivity index (χ0) is 8.58. The van der Waals surface area contributed by atoms with Gasteiger partial charge in [0, 0.05) is 0 Å². The van der Waals surface area contributed by atoms with Gasteiger partial charge in [-0.15, -0.1) is 11.6 Å². The summed E-state index contributed by atoms with van der Waals surface area (Å²) in [6.07, 6.45) is 0. The second-order valence-corrected chi connectivity index (χ2v) is 10.3. The third-order valence-corrected chi connectivity index (χ3v) is 6.75. The SMILES string of the molecule is CC(Cl)C(O)(Cl)[Si](C)(C)C. The van der Waals surface area contributed by atoms with Crippen LogP contribution in [0, 0.1) is 0 Å². The molecule has 2 unspecified atom stereocenters. The Kier molecular flexibility index (Phi) is 3.24. The number of alkyl halides is 2. The smallest absolute Gasteiger partial charge is 0.140 e. The Labute approximate surface area is 73.3 Å². The molecule has 0 spiro atoms. The zero-order valence-corrected chi connectivity index (χ0v) is 9.29. The molecule has 0 bridgehead atoms. The molecule has 0 aliphatic rings. The van der Waals surface area contributed by atoms with Gasteiger partial charge in [0.2, 0.25) is 0 Å². The van der Waals surface area contributed by atoms with Gasteiger partial charge >= 0.3 is 0 Å². The predicted octanol–water partition coefficient (Wildman–Crippen LogP) is 2.42. The van der Waals surface area contributed by atoms with Crippen LogP contribution in [0.4, 0.5) is 0 Å². The minimum atomic E-state index is -1.76. The van der Waals surface area contributed by atoms with Crippen LogP contribution >= 0.6 is 23.2 Å². The van der Waals surface area contributed by atoms with Crippen LogP contribution in [-0.4, -0.2) is 23.2 Å². The summed E-state index contributed by atoms with van der Waals surface area (Å²) in [7, 11) is -1.76. The van der Waals surface area contributed by atoms with Gasteiger partial charge in [-0.1, -0.05) is 31.2 Å². The van der Waals surface area contributed by atoms with Crippen molar-refractivity contribution in [3.8, 4) is 0 Å². The van der Waals surface area contributed by atoms with Crippen molar-refractivity contribution in [2.24, 2.45) is 0 Å². The largest absolute Gasteiger partial charge is 0.377 e. The Hall–Kier alpha value is 0.757. The fraction of sp³-hybridized carbons (Fsp3) is 1.00. The molecule has 0 radical (unpaired) electrons. The van der Waals surface area contributed by atoms with E-state index in [0.29, 0.717) is 0 Å². The van der Waals surface area contributed by atoms with E-state index in [1.165, 1.54) is 0 Å². The van der Waals surface area contributed by atoms with Crippen molar-refractivity contribution in [2.45, 2.75) is 36.6 Å². The molecule has 0 rings (SSSR count). The molecule has 0 aromatic rings. The quantitative estimate of drug-likeness (QED) is 0.537. The van der Waals surface area contributed by atoms with Crippen LogP contribution in [0.3, 0.4) is 0 Å².